The largest absolute Gasteiger partial charge is 0.385 e. The molecule has 1 N–H and O–H groups in total. The second-order valence-corrected chi connectivity index (χ2v) is 4.18. The molecule has 0 spiro atoms. The molecule has 0 aliphatic rings. The number of ether oxygens (including phenoxy) is 1. The molecule has 1 amide bonds. The lowest BCUT2D eigenvalue weighted by Crippen LogP contribution is -2.22. The zero-order valence-corrected chi connectivity index (χ0v) is 11.5. The Morgan fingerprint density at radius 3 is 2.78 bits per heavy atom. The van der Waals surface area contributed by atoms with Crippen LogP contribution in [0.25, 0.3) is 6.08 Å². The van der Waals surface area contributed by atoms with Crippen molar-refractivity contribution in [1.82, 2.24) is 15.1 Å². The number of carbonyl (C=O) groups is 1. The molecule has 1 heterocycles. The first kappa shape index (κ1) is 14.4. The van der Waals surface area contributed by atoms with Crippen LogP contribution in [0.4, 0.5) is 0 Å². The number of hydrogen-bond acceptors (Lipinski definition) is 3. The highest BCUT2D eigenvalue weighted by Crippen LogP contribution is 2.13. The summed E-state index contributed by atoms with van der Waals surface area (Å²) in [6.07, 6.45) is 4.17. The van der Waals surface area contributed by atoms with Crippen LogP contribution in [0.15, 0.2) is 6.08 Å². The number of amides is 1. The van der Waals surface area contributed by atoms with Crippen LogP contribution in [-0.2, 0) is 16.6 Å². The Bertz CT molecular complexity index is 436. The Hall–Kier alpha value is -1.62. The van der Waals surface area contributed by atoms with Crippen LogP contribution in [0.5, 0.6) is 0 Å². The molecular weight excluding hydrogens is 230 g/mol. The molecule has 100 valence electrons. The maximum atomic E-state index is 11.5. The minimum absolute atomic E-state index is 0.0891. The summed E-state index contributed by atoms with van der Waals surface area (Å²) in [7, 11) is 3.54. The number of carbonyl (C=O) groups excluding carboxylic acids is 1. The van der Waals surface area contributed by atoms with Crippen LogP contribution < -0.4 is 5.32 Å². The third-order valence-corrected chi connectivity index (χ3v) is 2.79. The van der Waals surface area contributed by atoms with Gasteiger partial charge in [0.1, 0.15) is 0 Å². The van der Waals surface area contributed by atoms with Crippen LogP contribution in [0.1, 0.15) is 23.4 Å². The van der Waals surface area contributed by atoms with Crippen molar-refractivity contribution in [3.63, 3.8) is 0 Å². The van der Waals surface area contributed by atoms with E-state index in [9.17, 15) is 4.79 Å². The minimum Gasteiger partial charge on any atom is -0.385 e. The first-order valence-electron chi connectivity index (χ1n) is 6.01. The fraction of sp³-hybridized carbons (Fsp3) is 0.538. The Kier molecular flexibility index (Phi) is 5.58. The standard InChI is InChI=1S/C13H21N3O2/c1-10-12(11(2)16(3)15-10)6-7-13(17)14-8-5-9-18-4/h6-7H,5,8-9H2,1-4H3,(H,14,17)/b7-6+. The number of rotatable bonds is 6. The van der Waals surface area contributed by atoms with E-state index in [0.717, 1.165) is 23.4 Å². The van der Waals surface area contributed by atoms with Crippen molar-refractivity contribution in [1.29, 1.82) is 0 Å². The summed E-state index contributed by atoms with van der Waals surface area (Å²) in [6.45, 7) is 5.20. The number of nitrogens with zero attached hydrogens (tertiary/aromatic N) is 2. The van der Waals surface area contributed by atoms with Crippen molar-refractivity contribution < 1.29 is 9.53 Å². The van der Waals surface area contributed by atoms with Gasteiger partial charge >= 0.3 is 0 Å². The number of aromatic nitrogens is 2. The average molecular weight is 251 g/mol. The van der Waals surface area contributed by atoms with Gasteiger partial charge in [0.25, 0.3) is 0 Å². The summed E-state index contributed by atoms with van der Waals surface area (Å²) >= 11 is 0. The second-order valence-electron chi connectivity index (χ2n) is 4.18. The van der Waals surface area contributed by atoms with E-state index in [1.54, 1.807) is 13.2 Å². The monoisotopic (exact) mass is 251 g/mol. The molecule has 0 saturated carbocycles. The molecule has 0 bridgehead atoms. The zero-order chi connectivity index (χ0) is 13.5. The highest BCUT2D eigenvalue weighted by molar-refractivity contribution is 5.91. The van der Waals surface area contributed by atoms with Gasteiger partial charge in [-0.2, -0.15) is 5.10 Å². The molecule has 0 aliphatic heterocycles. The lowest BCUT2D eigenvalue weighted by atomic mass is 10.2. The van der Waals surface area contributed by atoms with Gasteiger partial charge in [0.05, 0.1) is 5.69 Å². The SMILES string of the molecule is COCCCNC(=O)/C=C/c1c(C)nn(C)c1C. The summed E-state index contributed by atoms with van der Waals surface area (Å²) in [6, 6.07) is 0. The zero-order valence-electron chi connectivity index (χ0n) is 11.5. The molecule has 1 rings (SSSR count). The molecule has 0 saturated heterocycles. The molecule has 1 aromatic rings. The van der Waals surface area contributed by atoms with Crippen LogP contribution in [0, 0.1) is 13.8 Å². The van der Waals surface area contributed by atoms with Crippen molar-refractivity contribution in [2.24, 2.45) is 7.05 Å². The van der Waals surface area contributed by atoms with E-state index in [-0.39, 0.29) is 5.91 Å². The van der Waals surface area contributed by atoms with E-state index in [1.165, 1.54) is 0 Å². The van der Waals surface area contributed by atoms with Gasteiger partial charge in [-0.15, -0.1) is 0 Å². The molecule has 0 fully saturated rings. The summed E-state index contributed by atoms with van der Waals surface area (Å²) in [5, 5.41) is 7.09. The Morgan fingerprint density at radius 2 is 2.22 bits per heavy atom. The average Bonchev–Trinajstić information content (AvgIpc) is 2.57. The molecule has 5 heteroatoms. The predicted octanol–water partition coefficient (Wildman–Crippen LogP) is 1.20. The van der Waals surface area contributed by atoms with Gasteiger partial charge in [-0.05, 0) is 26.3 Å². The molecular formula is C13H21N3O2. The van der Waals surface area contributed by atoms with Gasteiger partial charge in [-0.25, -0.2) is 0 Å². The fourth-order valence-corrected chi connectivity index (χ4v) is 1.68. The molecule has 18 heavy (non-hydrogen) atoms. The Balaban J connectivity index is 2.50. The second kappa shape index (κ2) is 6.96. The van der Waals surface area contributed by atoms with Crippen molar-refractivity contribution in [3.8, 4) is 0 Å². The van der Waals surface area contributed by atoms with Gasteiger partial charge < -0.3 is 10.1 Å². The van der Waals surface area contributed by atoms with Crippen LogP contribution >= 0.6 is 0 Å². The lowest BCUT2D eigenvalue weighted by Gasteiger charge is -2.01. The van der Waals surface area contributed by atoms with Gasteiger partial charge in [0.15, 0.2) is 0 Å². The molecule has 1 aromatic heterocycles. The topological polar surface area (TPSA) is 56.1 Å². The van der Waals surface area contributed by atoms with E-state index in [2.05, 4.69) is 10.4 Å². The summed E-state index contributed by atoms with van der Waals surface area (Å²) < 4.78 is 6.72. The third kappa shape index (κ3) is 4.00. The van der Waals surface area contributed by atoms with Crippen LogP contribution in [0.2, 0.25) is 0 Å². The molecule has 0 aromatic carbocycles. The molecule has 0 atom stereocenters. The number of nitrogens with one attached hydrogen (secondary N) is 1. The highest BCUT2D eigenvalue weighted by atomic mass is 16.5. The van der Waals surface area contributed by atoms with E-state index in [4.69, 9.17) is 4.74 Å². The maximum Gasteiger partial charge on any atom is 0.244 e. The van der Waals surface area contributed by atoms with Gasteiger partial charge in [0, 0.05) is 44.6 Å². The maximum absolute atomic E-state index is 11.5. The van der Waals surface area contributed by atoms with E-state index in [0.29, 0.717) is 13.2 Å². The summed E-state index contributed by atoms with van der Waals surface area (Å²) in [5.41, 5.74) is 2.99. The number of methoxy groups -OCH3 is 1. The summed E-state index contributed by atoms with van der Waals surface area (Å²) in [4.78, 5) is 11.5. The highest BCUT2D eigenvalue weighted by Gasteiger charge is 2.06. The first-order chi connectivity index (χ1) is 8.56. The summed E-state index contributed by atoms with van der Waals surface area (Å²) in [5.74, 6) is -0.0891. The number of aryl methyl sites for hydroxylation is 2. The van der Waals surface area contributed by atoms with Gasteiger partial charge in [-0.3, -0.25) is 9.48 Å². The Morgan fingerprint density at radius 1 is 1.50 bits per heavy atom. The first-order valence-corrected chi connectivity index (χ1v) is 6.01. The Labute approximate surface area is 108 Å². The minimum atomic E-state index is -0.0891. The van der Waals surface area contributed by atoms with E-state index < -0.39 is 0 Å². The quantitative estimate of drug-likeness (QED) is 0.610. The predicted molar refractivity (Wildman–Crippen MR) is 71.2 cm³/mol. The number of hydrogen-bond donors (Lipinski definition) is 1. The van der Waals surface area contributed by atoms with Crippen molar-refractivity contribution in [2.45, 2.75) is 20.3 Å². The van der Waals surface area contributed by atoms with Crippen molar-refractivity contribution in [3.05, 3.63) is 23.0 Å². The lowest BCUT2D eigenvalue weighted by molar-refractivity contribution is -0.116. The fourth-order valence-electron chi connectivity index (χ4n) is 1.68. The third-order valence-electron chi connectivity index (χ3n) is 2.79. The molecule has 0 aliphatic carbocycles. The molecule has 0 radical (unpaired) electrons. The van der Waals surface area contributed by atoms with E-state index in [1.807, 2.05) is 31.7 Å². The smallest absolute Gasteiger partial charge is 0.244 e. The van der Waals surface area contributed by atoms with Gasteiger partial charge in [0.2, 0.25) is 5.91 Å². The van der Waals surface area contributed by atoms with E-state index >= 15 is 0 Å². The van der Waals surface area contributed by atoms with Crippen molar-refractivity contribution in [2.75, 3.05) is 20.3 Å². The van der Waals surface area contributed by atoms with Gasteiger partial charge in [-0.1, -0.05) is 0 Å². The van der Waals surface area contributed by atoms with Crippen molar-refractivity contribution >= 4 is 12.0 Å². The van der Waals surface area contributed by atoms with Crippen LogP contribution in [0.3, 0.4) is 0 Å². The molecule has 5 nitrogen and oxygen atoms in total. The van der Waals surface area contributed by atoms with Crippen LogP contribution in [-0.4, -0.2) is 35.9 Å². The molecule has 0 unspecified atom stereocenters. The normalized spacial score (nSPS) is 11.1.